The summed E-state index contributed by atoms with van der Waals surface area (Å²) in [7, 11) is 0. The molecular weight excluding hydrogens is 314 g/mol. The fraction of sp³-hybridized carbons (Fsp3) is 0.200. The van der Waals surface area contributed by atoms with E-state index in [0.717, 1.165) is 21.9 Å². The van der Waals surface area contributed by atoms with E-state index >= 15 is 0 Å². The number of hydrogen-bond donors (Lipinski definition) is 1. The number of anilines is 1. The van der Waals surface area contributed by atoms with Crippen LogP contribution in [-0.4, -0.2) is 22.6 Å². The summed E-state index contributed by atoms with van der Waals surface area (Å²) in [6, 6.07) is 15.3. The molecule has 0 aliphatic carbocycles. The highest BCUT2D eigenvalue weighted by atomic mass is 16.4. The van der Waals surface area contributed by atoms with E-state index in [9.17, 15) is 4.79 Å². The van der Waals surface area contributed by atoms with Gasteiger partial charge in [-0.1, -0.05) is 32.0 Å². The number of hydrogen-bond acceptors (Lipinski definition) is 3. The first kappa shape index (κ1) is 15.4. The molecule has 1 N–H and O–H groups in total. The lowest BCUT2D eigenvalue weighted by molar-refractivity contribution is 0.0980. The predicted octanol–water partition coefficient (Wildman–Crippen LogP) is 4.61. The van der Waals surface area contributed by atoms with Crippen LogP contribution in [0.3, 0.4) is 0 Å². The summed E-state index contributed by atoms with van der Waals surface area (Å²) in [6.45, 7) is 4.76. The van der Waals surface area contributed by atoms with Crippen molar-refractivity contribution in [2.24, 2.45) is 5.92 Å². The molecule has 5 heteroatoms. The summed E-state index contributed by atoms with van der Waals surface area (Å²) in [5.41, 5.74) is 2.31. The number of amides is 1. The van der Waals surface area contributed by atoms with Crippen molar-refractivity contribution >= 4 is 33.7 Å². The summed E-state index contributed by atoms with van der Waals surface area (Å²) >= 11 is 0. The van der Waals surface area contributed by atoms with E-state index in [0.29, 0.717) is 23.9 Å². The Hall–Kier alpha value is -3.08. The number of nitrogens with one attached hydrogen (secondary N) is 1. The number of furan rings is 1. The third kappa shape index (κ3) is 2.89. The van der Waals surface area contributed by atoms with E-state index in [4.69, 9.17) is 4.42 Å². The molecule has 2 aromatic carbocycles. The second-order valence-corrected chi connectivity index (χ2v) is 6.60. The van der Waals surface area contributed by atoms with Gasteiger partial charge in [-0.15, -0.1) is 0 Å². The Labute approximate surface area is 145 Å². The zero-order valence-corrected chi connectivity index (χ0v) is 14.2. The Morgan fingerprint density at radius 2 is 2.00 bits per heavy atom. The van der Waals surface area contributed by atoms with Gasteiger partial charge in [0, 0.05) is 28.9 Å². The zero-order chi connectivity index (χ0) is 17.4. The molecule has 2 aromatic heterocycles. The molecule has 4 rings (SSSR count). The standard InChI is InChI=1S/C20H19N3O2/c1-13(2)12-23(19-10-14-5-3-4-6-18(14)25-19)20(24)15-7-8-17-16(9-15)11-21-22-17/h3-11,13H,12H2,1-2H3,(H,21,22). The van der Waals surface area contributed by atoms with Crippen molar-refractivity contribution < 1.29 is 9.21 Å². The van der Waals surface area contributed by atoms with Crippen LogP contribution in [0.5, 0.6) is 0 Å². The smallest absolute Gasteiger partial charge is 0.260 e. The van der Waals surface area contributed by atoms with Crippen molar-refractivity contribution in [2.45, 2.75) is 13.8 Å². The molecule has 1 amide bonds. The maximum atomic E-state index is 13.2. The summed E-state index contributed by atoms with van der Waals surface area (Å²) in [5.74, 6) is 0.817. The highest BCUT2D eigenvalue weighted by Gasteiger charge is 2.22. The quantitative estimate of drug-likeness (QED) is 0.593. The molecule has 0 saturated heterocycles. The number of fused-ring (bicyclic) bond motifs is 2. The fourth-order valence-electron chi connectivity index (χ4n) is 2.97. The average molecular weight is 333 g/mol. The summed E-state index contributed by atoms with van der Waals surface area (Å²) in [6.07, 6.45) is 1.72. The monoisotopic (exact) mass is 333 g/mol. The van der Waals surface area contributed by atoms with Gasteiger partial charge in [0.05, 0.1) is 11.7 Å². The third-order valence-corrected chi connectivity index (χ3v) is 4.16. The lowest BCUT2D eigenvalue weighted by atomic mass is 10.1. The van der Waals surface area contributed by atoms with Gasteiger partial charge in [0.2, 0.25) is 5.88 Å². The van der Waals surface area contributed by atoms with Crippen LogP contribution >= 0.6 is 0 Å². The Balaban J connectivity index is 1.75. The van der Waals surface area contributed by atoms with Crippen molar-refractivity contribution in [1.82, 2.24) is 10.2 Å². The minimum absolute atomic E-state index is 0.0733. The van der Waals surface area contributed by atoms with E-state index in [-0.39, 0.29) is 5.91 Å². The number of nitrogens with zero attached hydrogens (tertiary/aromatic N) is 2. The van der Waals surface area contributed by atoms with Gasteiger partial charge < -0.3 is 4.42 Å². The van der Waals surface area contributed by atoms with Crippen molar-refractivity contribution in [3.63, 3.8) is 0 Å². The lowest BCUT2D eigenvalue weighted by Crippen LogP contribution is -2.33. The SMILES string of the molecule is CC(C)CN(C(=O)c1ccc2[nH]ncc2c1)c1cc2ccccc2o1. The van der Waals surface area contributed by atoms with Crippen LogP contribution in [0.2, 0.25) is 0 Å². The average Bonchev–Trinajstić information content (AvgIpc) is 3.24. The molecule has 0 atom stereocenters. The minimum atomic E-state index is -0.0733. The molecule has 0 unspecified atom stereocenters. The Kier molecular flexibility index (Phi) is 3.76. The van der Waals surface area contributed by atoms with Gasteiger partial charge in [0.25, 0.3) is 5.91 Å². The fourth-order valence-corrected chi connectivity index (χ4v) is 2.97. The van der Waals surface area contributed by atoms with E-state index in [2.05, 4.69) is 24.0 Å². The third-order valence-electron chi connectivity index (χ3n) is 4.16. The minimum Gasteiger partial charge on any atom is -0.440 e. The maximum absolute atomic E-state index is 13.2. The number of rotatable bonds is 4. The van der Waals surface area contributed by atoms with Gasteiger partial charge >= 0.3 is 0 Å². The van der Waals surface area contributed by atoms with Gasteiger partial charge in [0.15, 0.2) is 0 Å². The lowest BCUT2D eigenvalue weighted by Gasteiger charge is -2.22. The van der Waals surface area contributed by atoms with Gasteiger partial charge in [-0.25, -0.2) is 0 Å². The van der Waals surface area contributed by atoms with Crippen LogP contribution in [0.15, 0.2) is 59.1 Å². The summed E-state index contributed by atoms with van der Waals surface area (Å²) in [5, 5.41) is 8.82. The van der Waals surface area contributed by atoms with E-state index < -0.39 is 0 Å². The molecule has 0 spiro atoms. The largest absolute Gasteiger partial charge is 0.440 e. The highest BCUT2D eigenvalue weighted by molar-refractivity contribution is 6.07. The van der Waals surface area contributed by atoms with E-state index in [1.54, 1.807) is 11.1 Å². The molecule has 0 saturated carbocycles. The normalized spacial score (nSPS) is 11.5. The number of carbonyl (C=O) groups is 1. The number of benzene rings is 2. The predicted molar refractivity (Wildman–Crippen MR) is 98.8 cm³/mol. The van der Waals surface area contributed by atoms with Crippen LogP contribution in [-0.2, 0) is 0 Å². The molecule has 0 fully saturated rings. The van der Waals surface area contributed by atoms with Crippen LogP contribution < -0.4 is 4.90 Å². The molecule has 25 heavy (non-hydrogen) atoms. The number of H-pyrrole nitrogens is 1. The Bertz CT molecular complexity index is 1010. The molecule has 0 aliphatic heterocycles. The van der Waals surface area contributed by atoms with Crippen LogP contribution in [0, 0.1) is 5.92 Å². The second kappa shape index (κ2) is 6.09. The molecule has 5 nitrogen and oxygen atoms in total. The van der Waals surface area contributed by atoms with Gasteiger partial charge in [-0.2, -0.15) is 5.10 Å². The van der Waals surface area contributed by atoms with Crippen molar-refractivity contribution in [2.75, 3.05) is 11.4 Å². The molecule has 126 valence electrons. The van der Waals surface area contributed by atoms with E-state index in [1.165, 1.54) is 0 Å². The van der Waals surface area contributed by atoms with Crippen LogP contribution in [0.4, 0.5) is 5.88 Å². The first-order chi connectivity index (χ1) is 12.1. The second-order valence-electron chi connectivity index (χ2n) is 6.60. The van der Waals surface area contributed by atoms with Crippen LogP contribution in [0.1, 0.15) is 24.2 Å². The summed E-state index contributed by atoms with van der Waals surface area (Å²) < 4.78 is 5.93. The zero-order valence-electron chi connectivity index (χ0n) is 14.2. The van der Waals surface area contributed by atoms with E-state index in [1.807, 2.05) is 48.5 Å². The first-order valence-electron chi connectivity index (χ1n) is 8.35. The molecule has 0 aliphatic rings. The number of carbonyl (C=O) groups excluding carboxylic acids is 1. The maximum Gasteiger partial charge on any atom is 0.260 e. The first-order valence-corrected chi connectivity index (χ1v) is 8.35. The topological polar surface area (TPSA) is 62.1 Å². The molecule has 2 heterocycles. The summed E-state index contributed by atoms with van der Waals surface area (Å²) in [4.78, 5) is 14.9. The molecule has 4 aromatic rings. The number of para-hydroxylation sites is 1. The van der Waals surface area contributed by atoms with Crippen molar-refractivity contribution in [3.05, 3.63) is 60.3 Å². The van der Waals surface area contributed by atoms with Crippen molar-refractivity contribution in [1.29, 1.82) is 0 Å². The number of aromatic nitrogens is 2. The number of aromatic amines is 1. The molecule has 0 bridgehead atoms. The Morgan fingerprint density at radius 3 is 2.80 bits per heavy atom. The molecule has 0 radical (unpaired) electrons. The van der Waals surface area contributed by atoms with Crippen LogP contribution in [0.25, 0.3) is 21.9 Å². The van der Waals surface area contributed by atoms with Gasteiger partial charge in [0.1, 0.15) is 5.58 Å². The van der Waals surface area contributed by atoms with Crippen molar-refractivity contribution in [3.8, 4) is 0 Å². The highest BCUT2D eigenvalue weighted by Crippen LogP contribution is 2.28. The van der Waals surface area contributed by atoms with Gasteiger partial charge in [-0.3, -0.25) is 14.8 Å². The molecular formula is C20H19N3O2. The van der Waals surface area contributed by atoms with Gasteiger partial charge in [-0.05, 0) is 30.2 Å². The Morgan fingerprint density at radius 1 is 1.16 bits per heavy atom.